The number of aliphatic hydroxyl groups is 1. The van der Waals surface area contributed by atoms with Crippen LogP contribution in [0.1, 0.15) is 40.5 Å². The first-order chi connectivity index (χ1) is 17.3. The van der Waals surface area contributed by atoms with Crippen LogP contribution in [0.3, 0.4) is 0 Å². The summed E-state index contributed by atoms with van der Waals surface area (Å²) in [5.41, 5.74) is 4.83. The van der Waals surface area contributed by atoms with Gasteiger partial charge in [-0.25, -0.2) is 14.6 Å². The molecule has 0 aliphatic heterocycles. The Bertz CT molecular complexity index is 1570. The van der Waals surface area contributed by atoms with E-state index in [1.807, 2.05) is 54.8 Å². The number of nitrogens with one attached hydrogen (secondary N) is 2. The van der Waals surface area contributed by atoms with Crippen LogP contribution in [0.15, 0.2) is 54.9 Å². The summed E-state index contributed by atoms with van der Waals surface area (Å²) in [7, 11) is 1.55. The molecule has 0 fully saturated rings. The fourth-order valence-electron chi connectivity index (χ4n) is 3.89. The number of anilines is 2. The number of benzene rings is 1. The van der Waals surface area contributed by atoms with E-state index in [1.165, 1.54) is 0 Å². The van der Waals surface area contributed by atoms with Crippen molar-refractivity contribution in [2.45, 2.75) is 26.9 Å². The zero-order chi connectivity index (χ0) is 25.4. The van der Waals surface area contributed by atoms with Crippen molar-refractivity contribution < 1.29 is 9.90 Å². The monoisotopic (exact) mass is 483 g/mol. The largest absolute Gasteiger partial charge is 0.389 e. The molecule has 0 saturated carbocycles. The molecule has 11 nitrogen and oxygen atoms in total. The number of fused-ring (bicyclic) bond motifs is 1. The van der Waals surface area contributed by atoms with Gasteiger partial charge in [-0.15, -0.1) is 5.10 Å². The third-order valence-corrected chi connectivity index (χ3v) is 5.75. The Kier molecular flexibility index (Phi) is 5.90. The fourth-order valence-corrected chi connectivity index (χ4v) is 3.89. The lowest BCUT2D eigenvalue weighted by molar-refractivity contribution is 0.0957. The quantitative estimate of drug-likeness (QED) is 0.335. The highest BCUT2D eigenvalue weighted by Gasteiger charge is 2.19. The second-order valence-electron chi connectivity index (χ2n) is 8.42. The lowest BCUT2D eigenvalue weighted by Crippen LogP contribution is -2.19. The zero-order valence-corrected chi connectivity index (χ0v) is 20.3. The van der Waals surface area contributed by atoms with E-state index in [0.29, 0.717) is 28.7 Å². The standard InChI is InChI=1S/C25H25N9O2/c1-14-5-9-22(31-30-14)28-17-6-8-19-21(12-17)33(13-27-19)23-10-7-18(16(3)35)24(29-23)34-15(2)11-20(32-34)25(36)26-4/h5-13,16,35H,1-4H3,(H,26,36)(H,28,31). The van der Waals surface area contributed by atoms with E-state index in [9.17, 15) is 9.90 Å². The molecule has 0 saturated heterocycles. The summed E-state index contributed by atoms with van der Waals surface area (Å²) in [4.78, 5) is 21.5. The zero-order valence-electron chi connectivity index (χ0n) is 20.3. The van der Waals surface area contributed by atoms with Crippen LogP contribution in [-0.4, -0.2) is 52.6 Å². The van der Waals surface area contributed by atoms with Gasteiger partial charge in [0, 0.05) is 24.0 Å². The number of rotatable bonds is 6. The number of carbonyl (C=O) groups is 1. The first kappa shape index (κ1) is 23.1. The Morgan fingerprint density at radius 2 is 1.89 bits per heavy atom. The number of hydrogen-bond acceptors (Lipinski definition) is 8. The minimum absolute atomic E-state index is 0.266. The minimum Gasteiger partial charge on any atom is -0.389 e. The number of imidazole rings is 1. The molecule has 5 aromatic rings. The summed E-state index contributed by atoms with van der Waals surface area (Å²) in [5.74, 6) is 1.35. The number of aromatic nitrogens is 7. The molecule has 0 bridgehead atoms. The van der Waals surface area contributed by atoms with Gasteiger partial charge in [-0.05, 0) is 69.3 Å². The molecule has 1 unspecified atom stereocenters. The Labute approximate surface area is 206 Å². The molecule has 1 atom stereocenters. The van der Waals surface area contributed by atoms with Gasteiger partial charge < -0.3 is 15.7 Å². The van der Waals surface area contributed by atoms with E-state index in [1.54, 1.807) is 37.1 Å². The first-order valence-electron chi connectivity index (χ1n) is 11.4. The van der Waals surface area contributed by atoms with Crippen molar-refractivity contribution in [1.82, 2.24) is 39.8 Å². The Hall–Kier alpha value is -4.64. The van der Waals surface area contributed by atoms with Gasteiger partial charge in [0.25, 0.3) is 5.91 Å². The Morgan fingerprint density at radius 3 is 2.61 bits per heavy atom. The van der Waals surface area contributed by atoms with Gasteiger partial charge in [-0.1, -0.05) is 0 Å². The van der Waals surface area contributed by atoms with Crippen LogP contribution in [0.2, 0.25) is 0 Å². The van der Waals surface area contributed by atoms with E-state index in [0.717, 1.165) is 22.4 Å². The normalized spacial score (nSPS) is 12.0. The second kappa shape index (κ2) is 9.19. The number of carbonyl (C=O) groups excluding carboxylic acids is 1. The summed E-state index contributed by atoms with van der Waals surface area (Å²) in [6, 6.07) is 14.8. The summed E-state index contributed by atoms with van der Waals surface area (Å²) >= 11 is 0. The summed E-state index contributed by atoms with van der Waals surface area (Å²) in [5, 5.41) is 28.9. The molecule has 3 N–H and O–H groups in total. The van der Waals surface area contributed by atoms with E-state index < -0.39 is 6.10 Å². The highest BCUT2D eigenvalue weighted by atomic mass is 16.3. The SMILES string of the molecule is CNC(=O)c1cc(C)n(-c2nc(-n3cnc4ccc(Nc5ccc(C)nn5)cc43)ccc2C(C)O)n1. The Balaban J connectivity index is 1.58. The van der Waals surface area contributed by atoms with Crippen LogP contribution >= 0.6 is 0 Å². The molecule has 0 radical (unpaired) electrons. The van der Waals surface area contributed by atoms with Gasteiger partial charge in [-0.2, -0.15) is 10.2 Å². The van der Waals surface area contributed by atoms with Crippen LogP contribution in [0.4, 0.5) is 11.5 Å². The molecule has 0 aliphatic rings. The maximum Gasteiger partial charge on any atom is 0.271 e. The lowest BCUT2D eigenvalue weighted by Gasteiger charge is -2.15. The van der Waals surface area contributed by atoms with Crippen LogP contribution in [0, 0.1) is 13.8 Å². The molecular formula is C25H25N9O2. The van der Waals surface area contributed by atoms with Crippen LogP contribution < -0.4 is 10.6 Å². The van der Waals surface area contributed by atoms with Crippen molar-refractivity contribution in [2.24, 2.45) is 0 Å². The molecule has 5 rings (SSSR count). The second-order valence-corrected chi connectivity index (χ2v) is 8.42. The average molecular weight is 484 g/mol. The van der Waals surface area contributed by atoms with Crippen molar-refractivity contribution in [3.63, 3.8) is 0 Å². The molecule has 11 heteroatoms. The smallest absolute Gasteiger partial charge is 0.271 e. The number of amides is 1. The van der Waals surface area contributed by atoms with Gasteiger partial charge >= 0.3 is 0 Å². The van der Waals surface area contributed by atoms with Crippen molar-refractivity contribution in [3.05, 3.63) is 77.5 Å². The third-order valence-electron chi connectivity index (χ3n) is 5.75. The molecular weight excluding hydrogens is 458 g/mol. The minimum atomic E-state index is -0.792. The summed E-state index contributed by atoms with van der Waals surface area (Å²) in [6.45, 7) is 5.38. The van der Waals surface area contributed by atoms with Crippen LogP contribution in [0.5, 0.6) is 0 Å². The average Bonchev–Trinajstić information content (AvgIpc) is 3.48. The number of hydrogen-bond donors (Lipinski definition) is 3. The van der Waals surface area contributed by atoms with E-state index in [-0.39, 0.29) is 11.6 Å². The van der Waals surface area contributed by atoms with E-state index in [2.05, 4.69) is 30.9 Å². The number of nitrogens with zero attached hydrogens (tertiary/aromatic N) is 7. The molecule has 0 aliphatic carbocycles. The van der Waals surface area contributed by atoms with E-state index >= 15 is 0 Å². The van der Waals surface area contributed by atoms with Crippen LogP contribution in [0.25, 0.3) is 22.7 Å². The topological polar surface area (TPSA) is 136 Å². The first-order valence-corrected chi connectivity index (χ1v) is 11.4. The summed E-state index contributed by atoms with van der Waals surface area (Å²) in [6.07, 6.45) is 0.903. The van der Waals surface area contributed by atoms with Crippen molar-refractivity contribution >= 4 is 28.4 Å². The molecule has 1 amide bonds. The lowest BCUT2D eigenvalue weighted by atomic mass is 10.1. The molecule has 1 aromatic carbocycles. The predicted molar refractivity (Wildman–Crippen MR) is 135 cm³/mol. The van der Waals surface area contributed by atoms with Gasteiger partial charge in [0.15, 0.2) is 17.3 Å². The Morgan fingerprint density at radius 1 is 1.06 bits per heavy atom. The molecule has 0 spiro atoms. The number of aryl methyl sites for hydroxylation is 2. The molecule has 36 heavy (non-hydrogen) atoms. The van der Waals surface area contributed by atoms with Crippen molar-refractivity contribution in [1.29, 1.82) is 0 Å². The van der Waals surface area contributed by atoms with Gasteiger partial charge in [0.2, 0.25) is 0 Å². The molecule has 4 heterocycles. The van der Waals surface area contributed by atoms with Gasteiger partial charge in [0.1, 0.15) is 12.1 Å². The maximum atomic E-state index is 12.1. The van der Waals surface area contributed by atoms with Gasteiger partial charge in [0.05, 0.1) is 22.8 Å². The predicted octanol–water partition coefficient (Wildman–Crippen LogP) is 3.17. The van der Waals surface area contributed by atoms with Crippen molar-refractivity contribution in [3.8, 4) is 11.6 Å². The fraction of sp³-hybridized carbons (Fsp3) is 0.200. The highest BCUT2D eigenvalue weighted by Crippen LogP contribution is 2.26. The maximum absolute atomic E-state index is 12.1. The van der Waals surface area contributed by atoms with E-state index in [4.69, 9.17) is 4.98 Å². The van der Waals surface area contributed by atoms with Crippen molar-refractivity contribution in [2.75, 3.05) is 12.4 Å². The highest BCUT2D eigenvalue weighted by molar-refractivity contribution is 5.92. The number of aliphatic hydroxyl groups excluding tert-OH is 1. The summed E-state index contributed by atoms with van der Waals surface area (Å²) < 4.78 is 3.42. The molecule has 182 valence electrons. The molecule has 4 aromatic heterocycles. The third kappa shape index (κ3) is 4.27. The van der Waals surface area contributed by atoms with Crippen LogP contribution in [-0.2, 0) is 0 Å². The number of pyridine rings is 1. The van der Waals surface area contributed by atoms with Gasteiger partial charge in [-0.3, -0.25) is 9.36 Å².